The predicted octanol–water partition coefficient (Wildman–Crippen LogP) is 4.72. The number of carboxylic acids is 1. The summed E-state index contributed by atoms with van der Waals surface area (Å²) < 4.78 is 16.5. The standard InChI is InChI=1S/C29H37NO8/c1-17(2)13-25(31)37-23-12-11-21(16-24(23)38-26(32)14-18(3)4)22(27(30)28(33)34)15-19(5)36-29(35)20-9-7-6-8-10-20/h6-12,16-19,22,27H,13-15,30H2,1-5H3,(H,33,34)/t19?,22?,27-/m0/s1. The molecule has 38 heavy (non-hydrogen) atoms. The molecule has 0 bridgehead atoms. The third kappa shape index (κ3) is 9.63. The molecule has 2 rings (SSSR count). The lowest BCUT2D eigenvalue weighted by atomic mass is 9.87. The summed E-state index contributed by atoms with van der Waals surface area (Å²) in [6.07, 6.45) is -0.308. The molecule has 0 aliphatic carbocycles. The number of carboxylic acid groups (broad SMARTS) is 1. The van der Waals surface area contributed by atoms with Crippen molar-refractivity contribution in [3.8, 4) is 11.5 Å². The molecule has 0 radical (unpaired) electrons. The Labute approximate surface area is 223 Å². The van der Waals surface area contributed by atoms with Gasteiger partial charge in [0.1, 0.15) is 12.1 Å². The van der Waals surface area contributed by atoms with Crippen LogP contribution in [0.5, 0.6) is 11.5 Å². The van der Waals surface area contributed by atoms with E-state index in [4.69, 9.17) is 19.9 Å². The lowest BCUT2D eigenvalue weighted by Gasteiger charge is -2.25. The van der Waals surface area contributed by atoms with Crippen LogP contribution in [0.1, 0.15) is 75.7 Å². The Morgan fingerprint density at radius 1 is 0.816 bits per heavy atom. The van der Waals surface area contributed by atoms with Gasteiger partial charge in [0.15, 0.2) is 11.5 Å². The van der Waals surface area contributed by atoms with E-state index in [0.717, 1.165) is 0 Å². The van der Waals surface area contributed by atoms with Crippen molar-refractivity contribution in [1.29, 1.82) is 0 Å². The van der Waals surface area contributed by atoms with E-state index in [-0.39, 0.29) is 42.6 Å². The first kappa shape index (κ1) is 30.5. The summed E-state index contributed by atoms with van der Waals surface area (Å²) in [4.78, 5) is 49.1. The van der Waals surface area contributed by atoms with Crippen LogP contribution in [0.4, 0.5) is 0 Å². The molecule has 2 unspecified atom stereocenters. The number of ether oxygens (including phenoxy) is 3. The molecule has 0 fully saturated rings. The average molecular weight is 528 g/mol. The molecule has 0 aliphatic rings. The Kier molecular flexibility index (Phi) is 11.5. The van der Waals surface area contributed by atoms with Crippen LogP contribution in [0, 0.1) is 11.8 Å². The molecule has 0 aliphatic heterocycles. The van der Waals surface area contributed by atoms with Crippen LogP contribution in [0.2, 0.25) is 0 Å². The molecule has 0 amide bonds. The Bertz CT molecular complexity index is 1110. The Morgan fingerprint density at radius 2 is 1.37 bits per heavy atom. The topological polar surface area (TPSA) is 142 Å². The van der Waals surface area contributed by atoms with Crippen LogP contribution in [0.25, 0.3) is 0 Å². The van der Waals surface area contributed by atoms with Crippen molar-refractivity contribution in [2.75, 3.05) is 0 Å². The van der Waals surface area contributed by atoms with E-state index in [1.807, 2.05) is 27.7 Å². The highest BCUT2D eigenvalue weighted by Crippen LogP contribution is 2.35. The Hall–Kier alpha value is -3.72. The molecular formula is C29H37NO8. The fourth-order valence-corrected chi connectivity index (χ4v) is 3.81. The van der Waals surface area contributed by atoms with Gasteiger partial charge >= 0.3 is 23.9 Å². The quantitative estimate of drug-likeness (QED) is 0.279. The summed E-state index contributed by atoms with van der Waals surface area (Å²) in [7, 11) is 0. The van der Waals surface area contributed by atoms with Gasteiger partial charge in [-0.15, -0.1) is 0 Å². The van der Waals surface area contributed by atoms with Gasteiger partial charge < -0.3 is 25.1 Å². The largest absolute Gasteiger partial charge is 0.480 e. The monoisotopic (exact) mass is 527 g/mol. The summed E-state index contributed by atoms with van der Waals surface area (Å²) >= 11 is 0. The molecule has 0 saturated carbocycles. The summed E-state index contributed by atoms with van der Waals surface area (Å²) in [5, 5.41) is 9.67. The van der Waals surface area contributed by atoms with Crippen LogP contribution >= 0.6 is 0 Å². The number of hydrogen-bond acceptors (Lipinski definition) is 8. The molecule has 0 aromatic heterocycles. The van der Waals surface area contributed by atoms with Gasteiger partial charge in [0, 0.05) is 18.8 Å². The van der Waals surface area contributed by atoms with Crippen molar-refractivity contribution in [2.45, 2.75) is 71.9 Å². The second-order valence-electron chi connectivity index (χ2n) is 10.1. The third-order valence-electron chi connectivity index (χ3n) is 5.62. The Balaban J connectivity index is 2.36. The van der Waals surface area contributed by atoms with Gasteiger partial charge in [-0.3, -0.25) is 14.4 Å². The molecule has 0 saturated heterocycles. The average Bonchev–Trinajstić information content (AvgIpc) is 2.82. The summed E-state index contributed by atoms with van der Waals surface area (Å²) in [5.74, 6) is -3.49. The number of nitrogens with two attached hydrogens (primary N) is 1. The number of esters is 3. The van der Waals surface area contributed by atoms with Crippen LogP contribution in [-0.2, 0) is 19.1 Å². The number of benzene rings is 2. The molecular weight excluding hydrogens is 490 g/mol. The van der Waals surface area contributed by atoms with Gasteiger partial charge in [-0.05, 0) is 55.0 Å². The molecule has 9 nitrogen and oxygen atoms in total. The number of rotatable bonds is 13. The highest BCUT2D eigenvalue weighted by atomic mass is 16.6. The first-order valence-corrected chi connectivity index (χ1v) is 12.7. The van der Waals surface area contributed by atoms with E-state index < -0.39 is 41.9 Å². The van der Waals surface area contributed by atoms with Crippen LogP contribution in [-0.4, -0.2) is 41.1 Å². The van der Waals surface area contributed by atoms with Crippen molar-refractivity contribution in [1.82, 2.24) is 0 Å². The van der Waals surface area contributed by atoms with Gasteiger partial charge in [-0.1, -0.05) is 52.0 Å². The summed E-state index contributed by atoms with van der Waals surface area (Å²) in [5.41, 5.74) is 6.84. The normalized spacial score (nSPS) is 13.5. The first-order chi connectivity index (χ1) is 17.9. The first-order valence-electron chi connectivity index (χ1n) is 12.7. The zero-order valence-corrected chi connectivity index (χ0v) is 22.5. The maximum Gasteiger partial charge on any atom is 0.338 e. The van der Waals surface area contributed by atoms with Crippen molar-refractivity contribution < 1.29 is 38.5 Å². The van der Waals surface area contributed by atoms with E-state index in [9.17, 15) is 24.3 Å². The second kappa shape index (κ2) is 14.3. The highest BCUT2D eigenvalue weighted by Gasteiger charge is 2.30. The zero-order valence-electron chi connectivity index (χ0n) is 22.5. The SMILES string of the molecule is CC(C)CC(=O)Oc1ccc(C(CC(C)OC(=O)c2ccccc2)[C@H](N)C(=O)O)cc1OC(=O)CC(C)C. The van der Waals surface area contributed by atoms with Crippen molar-refractivity contribution in [2.24, 2.45) is 17.6 Å². The van der Waals surface area contributed by atoms with Crippen molar-refractivity contribution >= 4 is 23.9 Å². The summed E-state index contributed by atoms with van der Waals surface area (Å²) in [6, 6.07) is 11.6. The fourth-order valence-electron chi connectivity index (χ4n) is 3.81. The van der Waals surface area contributed by atoms with Crippen LogP contribution in [0.3, 0.4) is 0 Å². The fraction of sp³-hybridized carbons (Fsp3) is 0.448. The van der Waals surface area contributed by atoms with Gasteiger partial charge in [0.25, 0.3) is 0 Å². The molecule has 3 atom stereocenters. The molecule has 3 N–H and O–H groups in total. The van der Waals surface area contributed by atoms with Gasteiger partial charge in [0.05, 0.1) is 5.56 Å². The predicted molar refractivity (Wildman–Crippen MR) is 141 cm³/mol. The minimum absolute atomic E-state index is 0.0122. The maximum absolute atomic E-state index is 12.5. The summed E-state index contributed by atoms with van der Waals surface area (Å²) in [6.45, 7) is 9.12. The molecule has 0 spiro atoms. The van der Waals surface area contributed by atoms with Gasteiger partial charge in [-0.25, -0.2) is 4.79 Å². The van der Waals surface area contributed by atoms with E-state index in [1.54, 1.807) is 43.3 Å². The minimum atomic E-state index is -1.35. The molecule has 2 aromatic rings. The smallest absolute Gasteiger partial charge is 0.338 e. The Morgan fingerprint density at radius 3 is 1.89 bits per heavy atom. The van der Waals surface area contributed by atoms with E-state index in [2.05, 4.69) is 0 Å². The van der Waals surface area contributed by atoms with Crippen LogP contribution < -0.4 is 15.2 Å². The highest BCUT2D eigenvalue weighted by molar-refractivity contribution is 5.89. The number of hydrogen-bond donors (Lipinski definition) is 2. The van der Waals surface area contributed by atoms with Gasteiger partial charge in [-0.2, -0.15) is 0 Å². The van der Waals surface area contributed by atoms with E-state index in [0.29, 0.717) is 11.1 Å². The van der Waals surface area contributed by atoms with E-state index >= 15 is 0 Å². The second-order valence-corrected chi connectivity index (χ2v) is 10.1. The van der Waals surface area contributed by atoms with Crippen molar-refractivity contribution in [3.05, 3.63) is 59.7 Å². The van der Waals surface area contributed by atoms with Crippen molar-refractivity contribution in [3.63, 3.8) is 0 Å². The number of carbonyl (C=O) groups is 4. The molecule has 0 heterocycles. The zero-order chi connectivity index (χ0) is 28.4. The molecule has 2 aromatic carbocycles. The lowest BCUT2D eigenvalue weighted by molar-refractivity contribution is -0.139. The van der Waals surface area contributed by atoms with Gasteiger partial charge in [0.2, 0.25) is 0 Å². The van der Waals surface area contributed by atoms with E-state index in [1.165, 1.54) is 12.1 Å². The molecule has 9 heteroatoms. The lowest BCUT2D eigenvalue weighted by Crippen LogP contribution is -2.38. The molecule has 206 valence electrons. The maximum atomic E-state index is 12.5. The minimum Gasteiger partial charge on any atom is -0.480 e. The van der Waals surface area contributed by atoms with Crippen LogP contribution in [0.15, 0.2) is 48.5 Å². The third-order valence-corrected chi connectivity index (χ3v) is 5.62. The number of aliphatic carboxylic acids is 1. The number of carbonyl (C=O) groups excluding carboxylic acids is 3.